The number of anilines is 2. The van der Waals surface area contributed by atoms with Gasteiger partial charge in [-0.1, -0.05) is 12.1 Å². The molecule has 0 aliphatic rings. The first-order valence-corrected chi connectivity index (χ1v) is 9.64. The molecule has 5 aromatic rings. The highest BCUT2D eigenvalue weighted by atomic mass is 15.1. The number of H-pyrrole nitrogens is 2. The van der Waals surface area contributed by atoms with E-state index in [1.54, 1.807) is 0 Å². The maximum Gasteiger partial charge on any atom is 0.225 e. The van der Waals surface area contributed by atoms with Crippen molar-refractivity contribution in [3.8, 4) is 0 Å². The highest BCUT2D eigenvalue weighted by Crippen LogP contribution is 2.22. The summed E-state index contributed by atoms with van der Waals surface area (Å²) in [5.74, 6) is 1.08. The Labute approximate surface area is 168 Å². The molecule has 2 aromatic carbocycles. The van der Waals surface area contributed by atoms with E-state index >= 15 is 0 Å². The fourth-order valence-corrected chi connectivity index (χ4v) is 3.73. The smallest absolute Gasteiger partial charge is 0.225 e. The van der Waals surface area contributed by atoms with E-state index in [1.165, 1.54) is 21.9 Å². The minimum absolute atomic E-state index is 0.523. The molecule has 0 atom stereocenters. The van der Waals surface area contributed by atoms with Crippen molar-refractivity contribution in [1.82, 2.24) is 19.9 Å². The molecule has 144 valence electrons. The third-order valence-corrected chi connectivity index (χ3v) is 5.31. The van der Waals surface area contributed by atoms with Crippen molar-refractivity contribution >= 4 is 33.6 Å². The summed E-state index contributed by atoms with van der Waals surface area (Å²) in [5.41, 5.74) is 12.8. The van der Waals surface area contributed by atoms with Crippen molar-refractivity contribution in [1.29, 1.82) is 0 Å². The lowest BCUT2D eigenvalue weighted by atomic mass is 10.0. The number of aryl methyl sites for hydroxylation is 1. The molecule has 6 nitrogen and oxygen atoms in total. The van der Waals surface area contributed by atoms with Gasteiger partial charge in [-0.3, -0.25) is 0 Å². The molecule has 3 heterocycles. The third-order valence-electron chi connectivity index (χ3n) is 5.31. The summed E-state index contributed by atoms with van der Waals surface area (Å²) in [6.45, 7) is 2.63. The maximum atomic E-state index is 6.29. The SMILES string of the molecule is Cc1nc(NCc2ccc3[nH]ccc3c2)nc(N)c1Cc1ccc2[nH]ccc2c1. The Morgan fingerprint density at radius 3 is 2.21 bits per heavy atom. The number of nitrogens with two attached hydrogens (primary N) is 1. The fourth-order valence-electron chi connectivity index (χ4n) is 3.73. The Kier molecular flexibility index (Phi) is 4.17. The first-order valence-electron chi connectivity index (χ1n) is 9.64. The van der Waals surface area contributed by atoms with Crippen LogP contribution in [0.25, 0.3) is 21.8 Å². The van der Waals surface area contributed by atoms with Gasteiger partial charge in [0.2, 0.25) is 5.95 Å². The molecule has 29 heavy (non-hydrogen) atoms. The van der Waals surface area contributed by atoms with E-state index in [4.69, 9.17) is 5.73 Å². The normalized spacial score (nSPS) is 11.3. The minimum atomic E-state index is 0.523. The van der Waals surface area contributed by atoms with Crippen molar-refractivity contribution in [3.63, 3.8) is 0 Å². The van der Waals surface area contributed by atoms with Gasteiger partial charge in [0.05, 0.1) is 0 Å². The van der Waals surface area contributed by atoms with E-state index in [1.807, 2.05) is 19.3 Å². The second-order valence-electron chi connectivity index (χ2n) is 7.33. The van der Waals surface area contributed by atoms with E-state index in [2.05, 4.69) is 73.8 Å². The van der Waals surface area contributed by atoms with Crippen LogP contribution in [0.2, 0.25) is 0 Å². The second kappa shape index (κ2) is 6.98. The number of rotatable bonds is 5. The molecular weight excluding hydrogens is 360 g/mol. The van der Waals surface area contributed by atoms with Gasteiger partial charge in [0.15, 0.2) is 0 Å². The van der Waals surface area contributed by atoms with Gasteiger partial charge in [0.25, 0.3) is 0 Å². The standard InChI is InChI=1S/C23H22N6/c1-14-19(12-15-2-4-20-17(10-15)6-8-25-20)22(24)29-23(28-14)27-13-16-3-5-21-18(11-16)7-9-26-21/h2-11,25-26H,12-13H2,1H3,(H3,24,27,28,29). The van der Waals surface area contributed by atoms with Gasteiger partial charge in [0, 0.05) is 47.7 Å². The summed E-state index contributed by atoms with van der Waals surface area (Å²) >= 11 is 0. The number of fused-ring (bicyclic) bond motifs is 2. The lowest BCUT2D eigenvalue weighted by Crippen LogP contribution is -2.10. The lowest BCUT2D eigenvalue weighted by Gasteiger charge is -2.12. The van der Waals surface area contributed by atoms with Gasteiger partial charge in [-0.05, 0) is 65.2 Å². The molecule has 0 saturated heterocycles. The predicted octanol–water partition coefficient (Wildman–Crippen LogP) is 4.53. The summed E-state index contributed by atoms with van der Waals surface area (Å²) in [4.78, 5) is 15.6. The van der Waals surface area contributed by atoms with Crippen molar-refractivity contribution < 1.29 is 0 Å². The lowest BCUT2D eigenvalue weighted by molar-refractivity contribution is 0.994. The highest BCUT2D eigenvalue weighted by molar-refractivity contribution is 5.80. The van der Waals surface area contributed by atoms with Crippen molar-refractivity contribution in [2.75, 3.05) is 11.1 Å². The van der Waals surface area contributed by atoms with Gasteiger partial charge in [-0.2, -0.15) is 4.98 Å². The van der Waals surface area contributed by atoms with Gasteiger partial charge >= 0.3 is 0 Å². The number of nitrogens with one attached hydrogen (secondary N) is 3. The molecule has 0 bridgehead atoms. The van der Waals surface area contributed by atoms with Crippen LogP contribution >= 0.6 is 0 Å². The average molecular weight is 382 g/mol. The monoisotopic (exact) mass is 382 g/mol. The van der Waals surface area contributed by atoms with E-state index in [0.29, 0.717) is 24.7 Å². The number of benzene rings is 2. The first kappa shape index (κ1) is 17.3. The molecule has 3 aromatic heterocycles. The zero-order chi connectivity index (χ0) is 19.8. The molecule has 0 fully saturated rings. The van der Waals surface area contributed by atoms with Crippen LogP contribution in [0.1, 0.15) is 22.4 Å². The van der Waals surface area contributed by atoms with Crippen LogP contribution in [-0.4, -0.2) is 19.9 Å². The van der Waals surface area contributed by atoms with Gasteiger partial charge in [-0.15, -0.1) is 0 Å². The van der Waals surface area contributed by atoms with Gasteiger partial charge < -0.3 is 21.0 Å². The van der Waals surface area contributed by atoms with Crippen molar-refractivity contribution in [2.45, 2.75) is 19.9 Å². The van der Waals surface area contributed by atoms with Crippen LogP contribution in [0.3, 0.4) is 0 Å². The molecule has 5 N–H and O–H groups in total. The molecule has 0 saturated carbocycles. The van der Waals surface area contributed by atoms with E-state index in [9.17, 15) is 0 Å². The molecular formula is C23H22N6. The molecule has 0 amide bonds. The first-order chi connectivity index (χ1) is 14.2. The quantitative estimate of drug-likeness (QED) is 0.359. The largest absolute Gasteiger partial charge is 0.383 e. The molecule has 0 aliphatic carbocycles. The van der Waals surface area contributed by atoms with Crippen LogP contribution in [0, 0.1) is 6.92 Å². The van der Waals surface area contributed by atoms with Crippen molar-refractivity contribution in [3.05, 3.63) is 83.3 Å². The molecule has 0 spiro atoms. The van der Waals surface area contributed by atoms with E-state index in [0.717, 1.165) is 22.3 Å². The Morgan fingerprint density at radius 2 is 1.52 bits per heavy atom. The minimum Gasteiger partial charge on any atom is -0.383 e. The van der Waals surface area contributed by atoms with Crippen LogP contribution in [0.4, 0.5) is 11.8 Å². The predicted molar refractivity (Wildman–Crippen MR) is 118 cm³/mol. The molecule has 0 aliphatic heterocycles. The van der Waals surface area contributed by atoms with Crippen LogP contribution in [0.5, 0.6) is 0 Å². The third kappa shape index (κ3) is 3.40. The zero-order valence-electron chi connectivity index (χ0n) is 16.2. The number of nitrogen functional groups attached to an aromatic ring is 1. The van der Waals surface area contributed by atoms with Crippen LogP contribution in [-0.2, 0) is 13.0 Å². The number of hydrogen-bond acceptors (Lipinski definition) is 4. The summed E-state index contributed by atoms with van der Waals surface area (Å²) in [7, 11) is 0. The van der Waals surface area contributed by atoms with Gasteiger partial charge in [0.1, 0.15) is 5.82 Å². The molecule has 5 rings (SSSR count). The average Bonchev–Trinajstić information content (AvgIpc) is 3.37. The van der Waals surface area contributed by atoms with Gasteiger partial charge in [-0.25, -0.2) is 4.98 Å². The zero-order valence-corrected chi connectivity index (χ0v) is 16.2. The number of aromatic nitrogens is 4. The summed E-state index contributed by atoms with van der Waals surface area (Å²) in [5, 5.41) is 5.68. The summed E-state index contributed by atoms with van der Waals surface area (Å²) < 4.78 is 0. The number of hydrogen-bond donors (Lipinski definition) is 4. The van der Waals surface area contributed by atoms with Crippen LogP contribution < -0.4 is 11.1 Å². The highest BCUT2D eigenvalue weighted by Gasteiger charge is 2.11. The Bertz CT molecular complexity index is 1290. The number of nitrogens with zero attached hydrogens (tertiary/aromatic N) is 2. The summed E-state index contributed by atoms with van der Waals surface area (Å²) in [6, 6.07) is 16.8. The topological polar surface area (TPSA) is 95.4 Å². The fraction of sp³-hybridized carbons (Fsp3) is 0.130. The van der Waals surface area contributed by atoms with Crippen LogP contribution in [0.15, 0.2) is 60.9 Å². The van der Waals surface area contributed by atoms with Crippen molar-refractivity contribution in [2.24, 2.45) is 0 Å². The molecule has 0 unspecified atom stereocenters. The van der Waals surface area contributed by atoms with E-state index in [-0.39, 0.29) is 0 Å². The van der Waals surface area contributed by atoms with E-state index < -0.39 is 0 Å². The Balaban J connectivity index is 1.34. The Hall–Kier alpha value is -3.80. The molecule has 0 radical (unpaired) electrons. The molecule has 6 heteroatoms. The Morgan fingerprint density at radius 1 is 0.862 bits per heavy atom. The second-order valence-corrected chi connectivity index (χ2v) is 7.33. The summed E-state index contributed by atoms with van der Waals surface area (Å²) in [6.07, 6.45) is 4.61. The maximum absolute atomic E-state index is 6.29. The number of aromatic amines is 2.